The van der Waals surface area contributed by atoms with Crippen molar-refractivity contribution in [3.05, 3.63) is 23.8 Å². The van der Waals surface area contributed by atoms with E-state index in [1.54, 1.807) is 6.92 Å². The van der Waals surface area contributed by atoms with Gasteiger partial charge in [0.15, 0.2) is 0 Å². The molecule has 144 valence electrons. The number of piperidine rings is 1. The molecular weight excluding hydrogens is 386 g/mol. The first-order valence-electron chi connectivity index (χ1n) is 7.97. The average Bonchev–Trinajstić information content (AvgIpc) is 2.55. The Kier molecular flexibility index (Phi) is 7.85. The Morgan fingerprint density at radius 3 is 2.52 bits per heavy atom. The predicted octanol–water partition coefficient (Wildman–Crippen LogP) is 1.07. The molecule has 0 amide bonds. The van der Waals surface area contributed by atoms with Crippen molar-refractivity contribution in [3.8, 4) is 0 Å². The van der Waals surface area contributed by atoms with Gasteiger partial charge in [0.2, 0.25) is 20.0 Å². The van der Waals surface area contributed by atoms with Crippen LogP contribution in [0, 0.1) is 12.8 Å². The van der Waals surface area contributed by atoms with Crippen LogP contribution in [0.1, 0.15) is 24.8 Å². The van der Waals surface area contributed by atoms with E-state index in [0.29, 0.717) is 25.2 Å². The maximum absolute atomic E-state index is 12.8. The lowest BCUT2D eigenvalue weighted by molar-refractivity contribution is 0.258. The lowest BCUT2D eigenvalue weighted by Crippen LogP contribution is -2.40. The Morgan fingerprint density at radius 2 is 1.96 bits per heavy atom. The highest BCUT2D eigenvalue weighted by Gasteiger charge is 2.30. The molecule has 0 bridgehead atoms. The fourth-order valence-corrected chi connectivity index (χ4v) is 5.65. The van der Waals surface area contributed by atoms with Crippen LogP contribution in [0.4, 0.5) is 0 Å². The Balaban J connectivity index is 0.00000312. The Labute approximate surface area is 156 Å². The number of nitrogens with one attached hydrogen (secondary N) is 1. The Hall–Kier alpha value is -0.710. The van der Waals surface area contributed by atoms with E-state index in [4.69, 9.17) is 5.73 Å². The van der Waals surface area contributed by atoms with Gasteiger partial charge in [-0.25, -0.2) is 21.6 Å². The van der Waals surface area contributed by atoms with Gasteiger partial charge in [0.25, 0.3) is 0 Å². The lowest BCUT2D eigenvalue weighted by Gasteiger charge is -2.31. The van der Waals surface area contributed by atoms with Crippen LogP contribution in [0.5, 0.6) is 0 Å². The van der Waals surface area contributed by atoms with E-state index >= 15 is 0 Å². The van der Waals surface area contributed by atoms with Crippen molar-refractivity contribution >= 4 is 32.5 Å². The smallest absolute Gasteiger partial charge is 0.243 e. The van der Waals surface area contributed by atoms with E-state index in [0.717, 1.165) is 19.3 Å². The van der Waals surface area contributed by atoms with E-state index in [1.807, 2.05) is 0 Å². The highest BCUT2D eigenvalue weighted by atomic mass is 35.5. The summed E-state index contributed by atoms with van der Waals surface area (Å²) >= 11 is 0. The van der Waals surface area contributed by atoms with Gasteiger partial charge in [-0.15, -0.1) is 12.4 Å². The van der Waals surface area contributed by atoms with Gasteiger partial charge in [-0.05, 0) is 69.5 Å². The normalized spacial score (nSPS) is 19.4. The van der Waals surface area contributed by atoms with Crippen LogP contribution in [0.25, 0.3) is 0 Å². The quantitative estimate of drug-likeness (QED) is 0.727. The van der Waals surface area contributed by atoms with Crippen LogP contribution in [-0.4, -0.2) is 47.8 Å². The first-order chi connectivity index (χ1) is 11.2. The number of nitrogens with zero attached hydrogens (tertiary/aromatic N) is 1. The number of sulfonamides is 2. The van der Waals surface area contributed by atoms with Crippen molar-refractivity contribution in [2.24, 2.45) is 11.7 Å². The van der Waals surface area contributed by atoms with Gasteiger partial charge in [0.05, 0.1) is 9.79 Å². The van der Waals surface area contributed by atoms with Crippen LogP contribution in [0.2, 0.25) is 0 Å². The molecule has 25 heavy (non-hydrogen) atoms. The molecule has 0 saturated carbocycles. The number of benzene rings is 1. The standard InChI is InChI=1S/C15H25N3O4S2.ClH/c1-12-10-14(5-6-15(12)23(19,20)17-2)24(21,22)18-9-3-4-13(11-18)7-8-16;/h5-6,10,13,17H,3-4,7-9,11,16H2,1-2H3;1H. The molecule has 1 aliphatic heterocycles. The predicted molar refractivity (Wildman–Crippen MR) is 99.8 cm³/mol. The summed E-state index contributed by atoms with van der Waals surface area (Å²) in [7, 11) is -5.91. The Bertz CT molecular complexity index is 795. The number of rotatable bonds is 6. The molecule has 0 spiro atoms. The highest BCUT2D eigenvalue weighted by molar-refractivity contribution is 7.89. The van der Waals surface area contributed by atoms with Crippen LogP contribution >= 0.6 is 12.4 Å². The highest BCUT2D eigenvalue weighted by Crippen LogP contribution is 2.27. The maximum Gasteiger partial charge on any atom is 0.243 e. The largest absolute Gasteiger partial charge is 0.330 e. The molecule has 0 radical (unpaired) electrons. The molecule has 1 atom stereocenters. The minimum Gasteiger partial charge on any atom is -0.330 e. The molecule has 1 aromatic carbocycles. The minimum atomic E-state index is -3.63. The molecule has 2 rings (SSSR count). The maximum atomic E-state index is 12.8. The zero-order valence-corrected chi connectivity index (χ0v) is 16.9. The zero-order chi connectivity index (χ0) is 18.0. The van der Waals surface area contributed by atoms with E-state index in [9.17, 15) is 16.8 Å². The number of nitrogens with two attached hydrogens (primary N) is 1. The van der Waals surface area contributed by atoms with Crippen molar-refractivity contribution in [1.29, 1.82) is 0 Å². The second-order valence-electron chi connectivity index (χ2n) is 6.08. The number of hydrogen-bond acceptors (Lipinski definition) is 5. The molecule has 3 N–H and O–H groups in total. The van der Waals surface area contributed by atoms with Gasteiger partial charge in [0.1, 0.15) is 0 Å². The first kappa shape index (κ1) is 22.3. The summed E-state index contributed by atoms with van der Waals surface area (Å²) in [5.41, 5.74) is 5.99. The van der Waals surface area contributed by atoms with Gasteiger partial charge < -0.3 is 5.73 Å². The molecule has 10 heteroatoms. The third-order valence-electron chi connectivity index (χ3n) is 4.40. The topological polar surface area (TPSA) is 110 Å². The molecule has 1 aromatic rings. The van der Waals surface area contributed by atoms with Crippen molar-refractivity contribution in [1.82, 2.24) is 9.03 Å². The van der Waals surface area contributed by atoms with Gasteiger partial charge in [-0.1, -0.05) is 0 Å². The SMILES string of the molecule is CNS(=O)(=O)c1ccc(S(=O)(=O)N2CCCC(CCN)C2)cc1C.Cl. The molecule has 1 heterocycles. The number of halogens is 1. The molecule has 1 aliphatic rings. The average molecular weight is 412 g/mol. The van der Waals surface area contributed by atoms with E-state index < -0.39 is 20.0 Å². The summed E-state index contributed by atoms with van der Waals surface area (Å²) in [4.78, 5) is 0.215. The fraction of sp³-hybridized carbons (Fsp3) is 0.600. The van der Waals surface area contributed by atoms with Crippen molar-refractivity contribution in [3.63, 3.8) is 0 Å². The van der Waals surface area contributed by atoms with Crippen LogP contribution in [-0.2, 0) is 20.0 Å². The molecule has 7 nitrogen and oxygen atoms in total. The second kappa shape index (κ2) is 8.79. The van der Waals surface area contributed by atoms with E-state index in [1.165, 1.54) is 29.6 Å². The fourth-order valence-electron chi connectivity index (χ4n) is 3.06. The molecule has 0 aliphatic carbocycles. The second-order valence-corrected chi connectivity index (χ2v) is 9.88. The summed E-state index contributed by atoms with van der Waals surface area (Å²) in [5.74, 6) is 0.281. The van der Waals surface area contributed by atoms with Crippen molar-refractivity contribution < 1.29 is 16.8 Å². The van der Waals surface area contributed by atoms with E-state index in [2.05, 4.69) is 4.72 Å². The monoisotopic (exact) mass is 411 g/mol. The van der Waals surface area contributed by atoms with Crippen LogP contribution in [0.15, 0.2) is 28.0 Å². The minimum absolute atomic E-state index is 0. The molecule has 0 aromatic heterocycles. The summed E-state index contributed by atoms with van der Waals surface area (Å²) < 4.78 is 53.3. The third-order valence-corrected chi connectivity index (χ3v) is 7.83. The van der Waals surface area contributed by atoms with Crippen LogP contribution in [0.3, 0.4) is 0 Å². The number of hydrogen-bond donors (Lipinski definition) is 2. The number of aryl methyl sites for hydroxylation is 1. The summed E-state index contributed by atoms with van der Waals surface area (Å²) in [6.07, 6.45) is 2.61. The molecule has 1 unspecified atom stereocenters. The Morgan fingerprint density at radius 1 is 1.28 bits per heavy atom. The molecule has 1 saturated heterocycles. The van der Waals surface area contributed by atoms with Gasteiger partial charge in [-0.3, -0.25) is 0 Å². The van der Waals surface area contributed by atoms with Gasteiger partial charge >= 0.3 is 0 Å². The van der Waals surface area contributed by atoms with Crippen LogP contribution < -0.4 is 10.5 Å². The van der Waals surface area contributed by atoms with Gasteiger partial charge in [-0.2, -0.15) is 4.31 Å². The first-order valence-corrected chi connectivity index (χ1v) is 10.9. The lowest BCUT2D eigenvalue weighted by atomic mass is 9.96. The van der Waals surface area contributed by atoms with E-state index in [-0.39, 0.29) is 28.1 Å². The zero-order valence-electron chi connectivity index (χ0n) is 14.4. The summed E-state index contributed by atoms with van der Waals surface area (Å²) in [6.45, 7) is 3.10. The molecular formula is C15H26ClN3O4S2. The van der Waals surface area contributed by atoms with Crippen molar-refractivity contribution in [2.45, 2.75) is 36.0 Å². The molecule has 1 fully saturated rings. The third kappa shape index (κ3) is 4.93. The van der Waals surface area contributed by atoms with Gasteiger partial charge in [0, 0.05) is 13.1 Å². The van der Waals surface area contributed by atoms with Crippen molar-refractivity contribution in [2.75, 3.05) is 26.7 Å². The summed E-state index contributed by atoms with van der Waals surface area (Å²) in [6, 6.07) is 4.13. The summed E-state index contributed by atoms with van der Waals surface area (Å²) in [5, 5.41) is 0.